The normalized spacial score (nSPS) is 12.2. The Hall–Kier alpha value is -1.39. The Labute approximate surface area is 108 Å². The molecule has 2 aromatic rings. The maximum Gasteiger partial charge on any atom is 0.145 e. The van der Waals surface area contributed by atoms with Crippen molar-refractivity contribution in [1.82, 2.24) is 4.98 Å². The number of aromatic nitrogens is 1. The predicted molar refractivity (Wildman–Crippen MR) is 69.1 cm³/mol. The second-order valence-electron chi connectivity index (χ2n) is 3.65. The molecule has 0 aliphatic heterocycles. The number of hydrogen-bond donors (Lipinski definition) is 1. The highest BCUT2D eigenvalue weighted by Crippen LogP contribution is 2.24. The van der Waals surface area contributed by atoms with Gasteiger partial charge in [0.05, 0.1) is 18.0 Å². The largest absolute Gasteiger partial charge is 0.456 e. The van der Waals surface area contributed by atoms with E-state index in [-0.39, 0.29) is 0 Å². The van der Waals surface area contributed by atoms with Crippen molar-refractivity contribution >= 4 is 15.9 Å². The lowest BCUT2D eigenvalue weighted by molar-refractivity contribution is 0.194. The minimum Gasteiger partial charge on any atom is -0.456 e. The van der Waals surface area contributed by atoms with Gasteiger partial charge in [0.1, 0.15) is 11.5 Å². The minimum atomic E-state index is -0.560. The van der Waals surface area contributed by atoms with Gasteiger partial charge in [0.15, 0.2) is 0 Å². The van der Waals surface area contributed by atoms with Crippen molar-refractivity contribution in [1.29, 1.82) is 0 Å². The van der Waals surface area contributed by atoms with Gasteiger partial charge in [0, 0.05) is 4.47 Å². The van der Waals surface area contributed by atoms with Gasteiger partial charge < -0.3 is 9.84 Å². The molecule has 1 atom stereocenters. The molecular formula is C13H12BrNO2. The number of ether oxygens (including phenoxy) is 1. The number of aliphatic hydroxyl groups excluding tert-OH is 1. The second-order valence-corrected chi connectivity index (χ2v) is 4.57. The summed E-state index contributed by atoms with van der Waals surface area (Å²) in [6.07, 6.45) is 1.04. The molecule has 1 heterocycles. The fourth-order valence-corrected chi connectivity index (χ4v) is 1.74. The highest BCUT2D eigenvalue weighted by molar-refractivity contribution is 9.10. The Morgan fingerprint density at radius 3 is 2.65 bits per heavy atom. The van der Waals surface area contributed by atoms with Gasteiger partial charge in [-0.25, -0.2) is 0 Å². The molecule has 4 heteroatoms. The third kappa shape index (κ3) is 3.28. The van der Waals surface area contributed by atoms with Crippen LogP contribution in [-0.4, -0.2) is 10.1 Å². The summed E-state index contributed by atoms with van der Waals surface area (Å²) in [5, 5.41) is 9.33. The number of rotatable bonds is 3. The third-order valence-corrected chi connectivity index (χ3v) is 2.71. The summed E-state index contributed by atoms with van der Waals surface area (Å²) in [5.41, 5.74) is 0.631. The van der Waals surface area contributed by atoms with E-state index in [4.69, 9.17) is 4.74 Å². The molecule has 0 unspecified atom stereocenters. The van der Waals surface area contributed by atoms with Crippen LogP contribution in [0.1, 0.15) is 18.7 Å². The average molecular weight is 294 g/mol. The highest BCUT2D eigenvalue weighted by Gasteiger charge is 2.03. The van der Waals surface area contributed by atoms with Gasteiger partial charge >= 0.3 is 0 Å². The first-order chi connectivity index (χ1) is 8.15. The molecule has 0 amide bonds. The summed E-state index contributed by atoms with van der Waals surface area (Å²) >= 11 is 3.38. The summed E-state index contributed by atoms with van der Waals surface area (Å²) in [6, 6.07) is 11.1. The fourth-order valence-electron chi connectivity index (χ4n) is 1.37. The lowest BCUT2D eigenvalue weighted by Gasteiger charge is -2.07. The zero-order valence-corrected chi connectivity index (χ0v) is 10.9. The Kier molecular flexibility index (Phi) is 3.76. The van der Waals surface area contributed by atoms with Crippen LogP contribution in [0.2, 0.25) is 0 Å². The lowest BCUT2D eigenvalue weighted by atomic mass is 10.2. The van der Waals surface area contributed by atoms with Crippen LogP contribution in [0.15, 0.2) is 47.1 Å². The van der Waals surface area contributed by atoms with Crippen LogP contribution in [0.5, 0.6) is 11.5 Å². The van der Waals surface area contributed by atoms with Gasteiger partial charge in [-0.15, -0.1) is 0 Å². The van der Waals surface area contributed by atoms with Crippen molar-refractivity contribution in [2.45, 2.75) is 13.0 Å². The van der Waals surface area contributed by atoms with Crippen molar-refractivity contribution < 1.29 is 9.84 Å². The molecular weight excluding hydrogens is 282 g/mol. The summed E-state index contributed by atoms with van der Waals surface area (Å²) in [6.45, 7) is 1.68. The monoisotopic (exact) mass is 293 g/mol. The van der Waals surface area contributed by atoms with Gasteiger partial charge in [-0.05, 0) is 37.3 Å². The molecule has 17 heavy (non-hydrogen) atoms. The average Bonchev–Trinajstić information content (AvgIpc) is 2.29. The minimum absolute atomic E-state index is 0.560. The molecule has 0 aliphatic rings. The molecule has 0 saturated carbocycles. The Morgan fingerprint density at radius 1 is 1.24 bits per heavy atom. The number of aliphatic hydroxyl groups is 1. The number of hydrogen-bond acceptors (Lipinski definition) is 3. The van der Waals surface area contributed by atoms with Crippen molar-refractivity contribution in [2.75, 3.05) is 0 Å². The molecule has 0 radical (unpaired) electrons. The first-order valence-electron chi connectivity index (χ1n) is 5.22. The Bertz CT molecular complexity index is 497. The number of benzene rings is 1. The zero-order valence-electron chi connectivity index (χ0n) is 9.30. The van der Waals surface area contributed by atoms with E-state index >= 15 is 0 Å². The predicted octanol–water partition coefficient (Wildman–Crippen LogP) is 3.69. The molecule has 0 bridgehead atoms. The molecule has 1 aromatic carbocycles. The maximum atomic E-state index is 9.33. The summed E-state index contributed by atoms with van der Waals surface area (Å²) < 4.78 is 6.58. The summed E-state index contributed by atoms with van der Waals surface area (Å²) in [5.74, 6) is 1.39. The van der Waals surface area contributed by atoms with Crippen molar-refractivity contribution in [3.63, 3.8) is 0 Å². The summed E-state index contributed by atoms with van der Waals surface area (Å²) in [7, 11) is 0. The topological polar surface area (TPSA) is 42.4 Å². The molecule has 3 nitrogen and oxygen atoms in total. The highest BCUT2D eigenvalue weighted by atomic mass is 79.9. The molecule has 2 rings (SSSR count). The van der Waals surface area contributed by atoms with Crippen molar-refractivity contribution in [2.24, 2.45) is 0 Å². The van der Waals surface area contributed by atoms with E-state index in [1.807, 2.05) is 24.3 Å². The Balaban J connectivity index is 2.14. The van der Waals surface area contributed by atoms with Crippen LogP contribution in [0.25, 0.3) is 0 Å². The van der Waals surface area contributed by atoms with Crippen LogP contribution in [0.3, 0.4) is 0 Å². The van der Waals surface area contributed by atoms with Crippen molar-refractivity contribution in [3.8, 4) is 11.5 Å². The summed E-state index contributed by atoms with van der Waals surface area (Å²) in [4.78, 5) is 4.11. The molecule has 0 saturated heterocycles. The zero-order chi connectivity index (χ0) is 12.3. The van der Waals surface area contributed by atoms with Gasteiger partial charge in [-0.2, -0.15) is 0 Å². The van der Waals surface area contributed by atoms with Crippen LogP contribution >= 0.6 is 15.9 Å². The molecule has 0 fully saturated rings. The number of halogens is 1. The van der Waals surface area contributed by atoms with Crippen LogP contribution < -0.4 is 4.74 Å². The molecule has 0 spiro atoms. The Morgan fingerprint density at radius 2 is 2.06 bits per heavy atom. The van der Waals surface area contributed by atoms with Crippen LogP contribution in [0, 0.1) is 0 Å². The van der Waals surface area contributed by atoms with E-state index in [0.29, 0.717) is 11.4 Å². The fraction of sp³-hybridized carbons (Fsp3) is 0.154. The van der Waals surface area contributed by atoms with Crippen molar-refractivity contribution in [3.05, 3.63) is 52.8 Å². The lowest BCUT2D eigenvalue weighted by Crippen LogP contribution is -1.95. The van der Waals surface area contributed by atoms with E-state index in [1.165, 1.54) is 0 Å². The van der Waals surface area contributed by atoms with E-state index in [9.17, 15) is 5.11 Å². The quantitative estimate of drug-likeness (QED) is 0.938. The SMILES string of the molecule is C[C@H](O)c1ccc(Oc2cccc(Br)c2)cn1. The molecule has 0 aliphatic carbocycles. The van der Waals surface area contributed by atoms with Crippen LogP contribution in [-0.2, 0) is 0 Å². The van der Waals surface area contributed by atoms with E-state index in [2.05, 4.69) is 20.9 Å². The number of pyridine rings is 1. The molecule has 1 N–H and O–H groups in total. The smallest absolute Gasteiger partial charge is 0.145 e. The van der Waals surface area contributed by atoms with Gasteiger partial charge in [-0.1, -0.05) is 22.0 Å². The van der Waals surface area contributed by atoms with E-state index < -0.39 is 6.10 Å². The van der Waals surface area contributed by atoms with E-state index in [0.717, 1.165) is 10.2 Å². The van der Waals surface area contributed by atoms with E-state index in [1.54, 1.807) is 25.3 Å². The number of nitrogens with zero attached hydrogens (tertiary/aromatic N) is 1. The molecule has 88 valence electrons. The third-order valence-electron chi connectivity index (χ3n) is 2.22. The first kappa shape index (κ1) is 12.1. The first-order valence-corrected chi connectivity index (χ1v) is 6.02. The van der Waals surface area contributed by atoms with Gasteiger partial charge in [0.25, 0.3) is 0 Å². The van der Waals surface area contributed by atoms with Crippen LogP contribution in [0.4, 0.5) is 0 Å². The van der Waals surface area contributed by atoms with Gasteiger partial charge in [0.2, 0.25) is 0 Å². The van der Waals surface area contributed by atoms with Gasteiger partial charge in [-0.3, -0.25) is 4.98 Å². The second kappa shape index (κ2) is 5.29. The molecule has 1 aromatic heterocycles. The standard InChI is InChI=1S/C13H12BrNO2/c1-9(16)13-6-5-12(8-15-13)17-11-4-2-3-10(14)7-11/h2-9,16H,1H3/t9-/m0/s1. The maximum absolute atomic E-state index is 9.33.